The van der Waals surface area contributed by atoms with Crippen LogP contribution in [0.4, 0.5) is 13.2 Å². The quantitative estimate of drug-likeness (QED) is 0.871. The molecule has 1 rings (SSSR count). The summed E-state index contributed by atoms with van der Waals surface area (Å²) in [5, 5.41) is 8.93. The summed E-state index contributed by atoms with van der Waals surface area (Å²) in [6, 6.07) is 4.55. The maximum absolute atomic E-state index is 12.4. The van der Waals surface area contributed by atoms with Gasteiger partial charge >= 0.3 is 6.18 Å². The number of benzene rings is 1. The highest BCUT2D eigenvalue weighted by atomic mass is 32.2. The van der Waals surface area contributed by atoms with Crippen molar-refractivity contribution in [3.05, 3.63) is 35.4 Å². The van der Waals surface area contributed by atoms with Crippen LogP contribution in [-0.4, -0.2) is 22.7 Å². The summed E-state index contributed by atoms with van der Waals surface area (Å²) in [4.78, 5) is 0. The Balaban J connectivity index is 2.62. The maximum Gasteiger partial charge on any atom is 0.416 e. The topological polar surface area (TPSA) is 46.2 Å². The van der Waals surface area contributed by atoms with Gasteiger partial charge in [-0.15, -0.1) is 0 Å². The molecule has 0 aromatic heterocycles. The van der Waals surface area contributed by atoms with Gasteiger partial charge < -0.3 is 10.8 Å². The lowest BCUT2D eigenvalue weighted by Gasteiger charge is -2.15. The highest BCUT2D eigenvalue weighted by molar-refractivity contribution is 7.99. The minimum atomic E-state index is -4.32. The van der Waals surface area contributed by atoms with E-state index in [1.54, 1.807) is 0 Å². The molecule has 0 saturated heterocycles. The van der Waals surface area contributed by atoms with Gasteiger partial charge in [-0.1, -0.05) is 19.1 Å². The van der Waals surface area contributed by atoms with Crippen LogP contribution in [0.15, 0.2) is 24.3 Å². The third-order valence-corrected chi connectivity index (χ3v) is 3.75. The molecule has 1 aromatic rings. The molecule has 0 heterocycles. The Morgan fingerprint density at radius 3 is 2.28 bits per heavy atom. The third kappa shape index (κ3) is 4.51. The number of aliphatic hydroxyl groups excluding tert-OH is 1. The predicted molar refractivity (Wildman–Crippen MR) is 67.4 cm³/mol. The molecule has 0 aliphatic rings. The van der Waals surface area contributed by atoms with Gasteiger partial charge in [-0.3, -0.25) is 0 Å². The zero-order chi connectivity index (χ0) is 13.8. The number of hydrogen-bond acceptors (Lipinski definition) is 3. The first-order chi connectivity index (χ1) is 8.34. The van der Waals surface area contributed by atoms with E-state index in [-0.39, 0.29) is 17.9 Å². The summed E-state index contributed by atoms with van der Waals surface area (Å²) >= 11 is 1.49. The van der Waals surface area contributed by atoms with Gasteiger partial charge in [0.2, 0.25) is 0 Å². The lowest BCUT2D eigenvalue weighted by molar-refractivity contribution is -0.137. The Hall–Kier alpha value is -0.720. The molecule has 102 valence electrons. The van der Waals surface area contributed by atoms with Crippen molar-refractivity contribution in [2.45, 2.75) is 24.4 Å². The average Bonchev–Trinajstić information content (AvgIpc) is 2.34. The smallest absolute Gasteiger partial charge is 0.395 e. The van der Waals surface area contributed by atoms with E-state index in [0.717, 1.165) is 12.1 Å². The van der Waals surface area contributed by atoms with Crippen molar-refractivity contribution in [2.75, 3.05) is 12.4 Å². The molecule has 0 spiro atoms. The zero-order valence-electron chi connectivity index (χ0n) is 9.95. The van der Waals surface area contributed by atoms with Crippen molar-refractivity contribution < 1.29 is 18.3 Å². The Bertz CT molecular complexity index is 367. The molecule has 6 heteroatoms. The molecule has 0 aliphatic heterocycles. The van der Waals surface area contributed by atoms with Crippen LogP contribution in [0.5, 0.6) is 0 Å². The second-order valence-corrected chi connectivity index (χ2v) is 5.52. The van der Waals surface area contributed by atoms with Crippen LogP contribution in [0.25, 0.3) is 0 Å². The number of alkyl halides is 3. The van der Waals surface area contributed by atoms with E-state index in [0.29, 0.717) is 11.3 Å². The zero-order valence-corrected chi connectivity index (χ0v) is 10.8. The van der Waals surface area contributed by atoms with Crippen LogP contribution in [-0.2, 0) is 6.18 Å². The monoisotopic (exact) mass is 279 g/mol. The molecular weight excluding hydrogens is 263 g/mol. The molecule has 2 nitrogen and oxygen atoms in total. The standard InChI is InChI=1S/C12H16F3NOS/c1-8(6-17)18-7-11(16)9-2-4-10(5-3-9)12(13,14)15/h2-5,8,11,17H,6-7,16H2,1H3. The molecule has 0 fully saturated rings. The van der Waals surface area contributed by atoms with Gasteiger partial charge in [0.05, 0.1) is 12.2 Å². The number of aliphatic hydroxyl groups is 1. The van der Waals surface area contributed by atoms with Crippen LogP contribution in [0.1, 0.15) is 24.1 Å². The molecular formula is C12H16F3NOS. The molecule has 3 N–H and O–H groups in total. The number of rotatable bonds is 5. The van der Waals surface area contributed by atoms with Crippen molar-refractivity contribution in [3.8, 4) is 0 Å². The van der Waals surface area contributed by atoms with Crippen molar-refractivity contribution >= 4 is 11.8 Å². The average molecular weight is 279 g/mol. The fourth-order valence-electron chi connectivity index (χ4n) is 1.34. The maximum atomic E-state index is 12.4. The molecule has 1 aromatic carbocycles. The Kier molecular flexibility index (Phi) is 5.49. The van der Waals surface area contributed by atoms with Crippen molar-refractivity contribution in [3.63, 3.8) is 0 Å². The number of halogens is 3. The van der Waals surface area contributed by atoms with Crippen LogP contribution in [0, 0.1) is 0 Å². The summed E-state index contributed by atoms with van der Waals surface area (Å²) in [6.45, 7) is 1.93. The highest BCUT2D eigenvalue weighted by Gasteiger charge is 2.30. The Morgan fingerprint density at radius 2 is 1.83 bits per heavy atom. The lowest BCUT2D eigenvalue weighted by Crippen LogP contribution is -2.16. The fourth-order valence-corrected chi connectivity index (χ4v) is 2.17. The molecule has 2 unspecified atom stereocenters. The van der Waals surface area contributed by atoms with Gasteiger partial charge in [-0.2, -0.15) is 24.9 Å². The SMILES string of the molecule is CC(CO)SCC(N)c1ccc(C(F)(F)F)cc1. The van der Waals surface area contributed by atoms with E-state index in [2.05, 4.69) is 0 Å². The Labute approximate surface area is 108 Å². The lowest BCUT2D eigenvalue weighted by atomic mass is 10.1. The highest BCUT2D eigenvalue weighted by Crippen LogP contribution is 2.30. The first kappa shape index (κ1) is 15.3. The summed E-state index contributed by atoms with van der Waals surface area (Å²) in [5.74, 6) is 0.563. The molecule has 0 radical (unpaired) electrons. The van der Waals surface area contributed by atoms with E-state index in [9.17, 15) is 13.2 Å². The van der Waals surface area contributed by atoms with E-state index in [4.69, 9.17) is 10.8 Å². The van der Waals surface area contributed by atoms with Gasteiger partial charge in [0, 0.05) is 17.0 Å². The second kappa shape index (κ2) is 6.45. The summed E-state index contributed by atoms with van der Waals surface area (Å²) < 4.78 is 37.1. The molecule has 0 saturated carbocycles. The molecule has 0 bridgehead atoms. The van der Waals surface area contributed by atoms with Gasteiger partial charge in [0.15, 0.2) is 0 Å². The predicted octanol–water partition coefficient (Wildman–Crippen LogP) is 2.82. The van der Waals surface area contributed by atoms with E-state index >= 15 is 0 Å². The number of hydrogen-bond donors (Lipinski definition) is 2. The summed E-state index contributed by atoms with van der Waals surface area (Å²) in [7, 11) is 0. The van der Waals surface area contributed by atoms with E-state index < -0.39 is 11.7 Å². The van der Waals surface area contributed by atoms with Crippen molar-refractivity contribution in [1.82, 2.24) is 0 Å². The van der Waals surface area contributed by atoms with Crippen molar-refractivity contribution in [2.24, 2.45) is 5.73 Å². The van der Waals surface area contributed by atoms with Crippen LogP contribution < -0.4 is 5.73 Å². The van der Waals surface area contributed by atoms with E-state index in [1.165, 1.54) is 23.9 Å². The third-order valence-electron chi connectivity index (χ3n) is 2.48. The molecule has 18 heavy (non-hydrogen) atoms. The molecule has 0 amide bonds. The largest absolute Gasteiger partial charge is 0.416 e. The first-order valence-corrected chi connectivity index (χ1v) is 6.54. The minimum absolute atomic E-state index is 0.0599. The van der Waals surface area contributed by atoms with Gasteiger partial charge in [0.1, 0.15) is 0 Å². The van der Waals surface area contributed by atoms with Gasteiger partial charge in [-0.25, -0.2) is 0 Å². The van der Waals surface area contributed by atoms with Gasteiger partial charge in [0.25, 0.3) is 0 Å². The summed E-state index contributed by atoms with van der Waals surface area (Å²) in [5.41, 5.74) is 5.87. The number of nitrogens with two attached hydrogens (primary N) is 1. The second-order valence-electron chi connectivity index (χ2n) is 4.05. The molecule has 0 aliphatic carbocycles. The fraction of sp³-hybridized carbons (Fsp3) is 0.500. The van der Waals surface area contributed by atoms with E-state index in [1.807, 2.05) is 6.92 Å². The first-order valence-electron chi connectivity index (χ1n) is 5.49. The number of thioether (sulfide) groups is 1. The normalized spacial score (nSPS) is 15.4. The van der Waals surface area contributed by atoms with Gasteiger partial charge in [-0.05, 0) is 17.7 Å². The summed E-state index contributed by atoms with van der Waals surface area (Å²) in [6.07, 6.45) is -4.32. The van der Waals surface area contributed by atoms with Crippen LogP contribution >= 0.6 is 11.8 Å². The van der Waals surface area contributed by atoms with Crippen molar-refractivity contribution in [1.29, 1.82) is 0 Å². The minimum Gasteiger partial charge on any atom is -0.395 e. The van der Waals surface area contributed by atoms with Crippen LogP contribution in [0.3, 0.4) is 0 Å². The Morgan fingerprint density at radius 1 is 1.28 bits per heavy atom. The molecule has 2 atom stereocenters. The van der Waals surface area contributed by atoms with Crippen LogP contribution in [0.2, 0.25) is 0 Å².